The van der Waals surface area contributed by atoms with Crippen LogP contribution in [0.1, 0.15) is 10.4 Å². The Morgan fingerprint density at radius 1 is 1.15 bits per heavy atom. The third-order valence-corrected chi connectivity index (χ3v) is 3.86. The number of nitrogens with zero attached hydrogens (tertiary/aromatic N) is 1. The maximum absolute atomic E-state index is 13.6. The molecular formula is C15H15FN2OS. The molecule has 2 aromatic rings. The van der Waals surface area contributed by atoms with Crippen LogP contribution in [0.4, 0.5) is 10.1 Å². The van der Waals surface area contributed by atoms with Crippen LogP contribution >= 0.6 is 11.8 Å². The zero-order chi connectivity index (χ0) is 14.7. The van der Waals surface area contributed by atoms with Crippen LogP contribution in [-0.4, -0.2) is 24.9 Å². The largest absolute Gasteiger partial charge is 0.398 e. The van der Waals surface area contributed by atoms with E-state index in [2.05, 4.69) is 0 Å². The second kappa shape index (κ2) is 5.96. The molecule has 0 unspecified atom stereocenters. The normalized spacial score (nSPS) is 10.3. The maximum Gasteiger partial charge on any atom is 0.253 e. The minimum atomic E-state index is -0.287. The van der Waals surface area contributed by atoms with Gasteiger partial charge >= 0.3 is 0 Å². The fourth-order valence-electron chi connectivity index (χ4n) is 1.68. The first-order chi connectivity index (χ1) is 9.49. The second-order valence-electron chi connectivity index (χ2n) is 4.48. The minimum Gasteiger partial charge on any atom is -0.398 e. The van der Waals surface area contributed by atoms with Crippen molar-refractivity contribution < 1.29 is 9.18 Å². The first kappa shape index (κ1) is 14.4. The van der Waals surface area contributed by atoms with Gasteiger partial charge < -0.3 is 10.6 Å². The highest BCUT2D eigenvalue weighted by Gasteiger charge is 2.11. The van der Waals surface area contributed by atoms with Gasteiger partial charge in [-0.05, 0) is 30.3 Å². The van der Waals surface area contributed by atoms with Crippen molar-refractivity contribution in [3.05, 3.63) is 53.8 Å². The SMILES string of the molecule is CN(C)C(=O)c1ccc(Sc2ccccc2F)c(N)c1. The molecule has 3 nitrogen and oxygen atoms in total. The summed E-state index contributed by atoms with van der Waals surface area (Å²) < 4.78 is 13.6. The summed E-state index contributed by atoms with van der Waals surface area (Å²) in [6.07, 6.45) is 0. The van der Waals surface area contributed by atoms with Crippen molar-refractivity contribution in [1.29, 1.82) is 0 Å². The fourth-order valence-corrected chi connectivity index (χ4v) is 2.54. The third kappa shape index (κ3) is 3.11. The van der Waals surface area contributed by atoms with Gasteiger partial charge in [0.2, 0.25) is 0 Å². The molecule has 0 bridgehead atoms. The molecule has 2 rings (SSSR count). The number of hydrogen-bond acceptors (Lipinski definition) is 3. The molecular weight excluding hydrogens is 275 g/mol. The number of benzene rings is 2. The van der Waals surface area contributed by atoms with Crippen LogP contribution in [0.2, 0.25) is 0 Å². The van der Waals surface area contributed by atoms with Gasteiger partial charge in [0, 0.05) is 35.1 Å². The van der Waals surface area contributed by atoms with Crippen LogP contribution in [0.3, 0.4) is 0 Å². The van der Waals surface area contributed by atoms with Gasteiger partial charge in [-0.15, -0.1) is 0 Å². The molecule has 2 aromatic carbocycles. The van der Waals surface area contributed by atoms with Crippen LogP contribution in [0, 0.1) is 5.82 Å². The number of anilines is 1. The lowest BCUT2D eigenvalue weighted by molar-refractivity contribution is 0.0827. The summed E-state index contributed by atoms with van der Waals surface area (Å²) in [5.41, 5.74) is 6.93. The summed E-state index contributed by atoms with van der Waals surface area (Å²) in [4.78, 5) is 14.5. The van der Waals surface area contributed by atoms with Crippen LogP contribution in [0.25, 0.3) is 0 Å². The summed E-state index contributed by atoms with van der Waals surface area (Å²) in [5, 5.41) is 0. The van der Waals surface area contributed by atoms with Gasteiger partial charge in [0.05, 0.1) is 0 Å². The van der Waals surface area contributed by atoms with E-state index in [-0.39, 0.29) is 11.7 Å². The number of carbonyl (C=O) groups excluding carboxylic acids is 1. The van der Waals surface area contributed by atoms with E-state index in [9.17, 15) is 9.18 Å². The average molecular weight is 290 g/mol. The zero-order valence-electron chi connectivity index (χ0n) is 11.3. The molecule has 0 saturated heterocycles. The predicted octanol–water partition coefficient (Wildman–Crippen LogP) is 3.26. The Morgan fingerprint density at radius 3 is 2.45 bits per heavy atom. The quantitative estimate of drug-likeness (QED) is 0.883. The van der Waals surface area contributed by atoms with Gasteiger partial charge in [0.1, 0.15) is 5.82 Å². The summed E-state index contributed by atoms with van der Waals surface area (Å²) >= 11 is 1.24. The first-order valence-electron chi connectivity index (χ1n) is 6.02. The number of rotatable bonds is 3. The summed E-state index contributed by atoms with van der Waals surface area (Å²) in [5.74, 6) is -0.399. The Kier molecular flexibility index (Phi) is 4.29. The number of carbonyl (C=O) groups is 1. The number of hydrogen-bond donors (Lipinski definition) is 1. The second-order valence-corrected chi connectivity index (χ2v) is 5.57. The Hall–Kier alpha value is -2.01. The van der Waals surface area contributed by atoms with E-state index in [1.807, 2.05) is 0 Å². The molecule has 0 atom stereocenters. The van der Waals surface area contributed by atoms with Crippen LogP contribution < -0.4 is 5.73 Å². The van der Waals surface area contributed by atoms with Gasteiger partial charge in [0.25, 0.3) is 5.91 Å². The maximum atomic E-state index is 13.6. The molecule has 104 valence electrons. The number of halogens is 1. The highest BCUT2D eigenvalue weighted by molar-refractivity contribution is 7.99. The molecule has 0 heterocycles. The van der Waals surface area contributed by atoms with Gasteiger partial charge in [-0.25, -0.2) is 4.39 Å². The summed E-state index contributed by atoms with van der Waals surface area (Å²) in [7, 11) is 3.36. The molecule has 20 heavy (non-hydrogen) atoms. The van der Waals surface area contributed by atoms with Crippen molar-refractivity contribution in [2.24, 2.45) is 0 Å². The highest BCUT2D eigenvalue weighted by atomic mass is 32.2. The third-order valence-electron chi connectivity index (χ3n) is 2.72. The molecule has 2 N–H and O–H groups in total. The van der Waals surface area contributed by atoms with E-state index >= 15 is 0 Å². The lowest BCUT2D eigenvalue weighted by Gasteiger charge is -2.12. The van der Waals surface area contributed by atoms with E-state index in [0.717, 1.165) is 4.90 Å². The van der Waals surface area contributed by atoms with Gasteiger partial charge in [0.15, 0.2) is 0 Å². The molecule has 5 heteroatoms. The van der Waals surface area contributed by atoms with Crippen molar-refractivity contribution >= 4 is 23.4 Å². The Balaban J connectivity index is 2.27. The lowest BCUT2D eigenvalue weighted by Crippen LogP contribution is -2.21. The van der Waals surface area contributed by atoms with Crippen molar-refractivity contribution in [2.75, 3.05) is 19.8 Å². The van der Waals surface area contributed by atoms with E-state index in [1.54, 1.807) is 50.5 Å². The van der Waals surface area contributed by atoms with Crippen molar-refractivity contribution in [1.82, 2.24) is 4.90 Å². The molecule has 0 fully saturated rings. The standard InChI is InChI=1S/C15H15FN2OS/c1-18(2)15(19)10-7-8-14(12(17)9-10)20-13-6-4-3-5-11(13)16/h3-9H,17H2,1-2H3. The van der Waals surface area contributed by atoms with Crippen molar-refractivity contribution in [3.8, 4) is 0 Å². The average Bonchev–Trinajstić information content (AvgIpc) is 2.42. The van der Waals surface area contributed by atoms with Crippen molar-refractivity contribution in [2.45, 2.75) is 9.79 Å². The molecule has 0 aromatic heterocycles. The van der Waals surface area contributed by atoms with Gasteiger partial charge in [-0.1, -0.05) is 23.9 Å². The number of amides is 1. The molecule has 0 radical (unpaired) electrons. The van der Waals surface area contributed by atoms with E-state index < -0.39 is 0 Å². The highest BCUT2D eigenvalue weighted by Crippen LogP contribution is 2.34. The van der Waals surface area contributed by atoms with E-state index in [4.69, 9.17) is 5.73 Å². The minimum absolute atomic E-state index is 0.112. The molecule has 0 saturated carbocycles. The predicted molar refractivity (Wildman–Crippen MR) is 79.4 cm³/mol. The first-order valence-corrected chi connectivity index (χ1v) is 6.84. The van der Waals surface area contributed by atoms with E-state index in [0.29, 0.717) is 16.1 Å². The lowest BCUT2D eigenvalue weighted by atomic mass is 10.2. The van der Waals surface area contributed by atoms with Gasteiger partial charge in [-0.3, -0.25) is 4.79 Å². The number of nitrogens with two attached hydrogens (primary N) is 1. The molecule has 1 amide bonds. The topological polar surface area (TPSA) is 46.3 Å². The fraction of sp³-hybridized carbons (Fsp3) is 0.133. The zero-order valence-corrected chi connectivity index (χ0v) is 12.1. The van der Waals surface area contributed by atoms with E-state index in [1.165, 1.54) is 22.7 Å². The Morgan fingerprint density at radius 2 is 1.85 bits per heavy atom. The van der Waals surface area contributed by atoms with Crippen LogP contribution in [0.15, 0.2) is 52.3 Å². The Labute approximate surface area is 121 Å². The summed E-state index contributed by atoms with van der Waals surface area (Å²) in [6, 6.07) is 11.6. The molecule has 0 spiro atoms. The summed E-state index contributed by atoms with van der Waals surface area (Å²) in [6.45, 7) is 0. The van der Waals surface area contributed by atoms with Crippen molar-refractivity contribution in [3.63, 3.8) is 0 Å². The monoisotopic (exact) mass is 290 g/mol. The number of nitrogen functional groups attached to an aromatic ring is 1. The van der Waals surface area contributed by atoms with Gasteiger partial charge in [-0.2, -0.15) is 0 Å². The molecule has 0 aliphatic rings. The Bertz CT molecular complexity index is 644. The molecule has 0 aliphatic carbocycles. The smallest absolute Gasteiger partial charge is 0.253 e. The van der Waals surface area contributed by atoms with Crippen LogP contribution in [-0.2, 0) is 0 Å². The molecule has 0 aliphatic heterocycles. The van der Waals surface area contributed by atoms with Crippen LogP contribution in [0.5, 0.6) is 0 Å².